The molecule has 30 heavy (non-hydrogen) atoms. The van der Waals surface area contributed by atoms with Crippen molar-refractivity contribution in [3.05, 3.63) is 47.5 Å². The summed E-state index contributed by atoms with van der Waals surface area (Å²) in [5.74, 6) is 2.33. The predicted molar refractivity (Wildman–Crippen MR) is 120 cm³/mol. The Labute approximate surface area is 181 Å². The van der Waals surface area contributed by atoms with Crippen LogP contribution in [0.2, 0.25) is 0 Å². The SMILES string of the molecule is CC(=O)[C@@]1(Cc2ccccc2)CCC2C3CC=C4C[C@@H](F)CCC4(C)C3CCC21C. The molecule has 1 aromatic rings. The molecule has 0 saturated heterocycles. The van der Waals surface area contributed by atoms with Crippen molar-refractivity contribution in [1.29, 1.82) is 0 Å². The summed E-state index contributed by atoms with van der Waals surface area (Å²) in [5, 5.41) is 0. The lowest BCUT2D eigenvalue weighted by molar-refractivity contribution is -0.140. The fraction of sp³-hybridized carbons (Fsp3) is 0.679. The van der Waals surface area contributed by atoms with Crippen molar-refractivity contribution in [3.63, 3.8) is 0 Å². The van der Waals surface area contributed by atoms with Crippen molar-refractivity contribution in [1.82, 2.24) is 0 Å². The van der Waals surface area contributed by atoms with Gasteiger partial charge in [-0.25, -0.2) is 4.39 Å². The highest BCUT2D eigenvalue weighted by Gasteiger charge is 2.65. The van der Waals surface area contributed by atoms with Crippen LogP contribution in [0.3, 0.4) is 0 Å². The molecule has 0 radical (unpaired) electrons. The van der Waals surface area contributed by atoms with Crippen LogP contribution in [0.4, 0.5) is 4.39 Å². The second-order valence-corrected chi connectivity index (χ2v) is 11.4. The first-order valence-electron chi connectivity index (χ1n) is 12.2. The molecule has 5 rings (SSSR count). The number of Topliss-reactive ketones (excluding diaryl/α,β-unsaturated/α-hetero) is 1. The van der Waals surface area contributed by atoms with Crippen LogP contribution in [0.15, 0.2) is 42.0 Å². The maximum absolute atomic E-state index is 14.1. The van der Waals surface area contributed by atoms with Crippen LogP contribution in [0, 0.1) is 34.0 Å². The molecule has 4 aliphatic rings. The van der Waals surface area contributed by atoms with E-state index in [-0.39, 0.29) is 16.2 Å². The highest BCUT2D eigenvalue weighted by Crippen LogP contribution is 2.70. The Hall–Kier alpha value is -1.44. The van der Waals surface area contributed by atoms with Gasteiger partial charge >= 0.3 is 0 Å². The third-order valence-electron chi connectivity index (χ3n) is 10.4. The van der Waals surface area contributed by atoms with Gasteiger partial charge < -0.3 is 0 Å². The number of ketones is 1. The fourth-order valence-electron chi connectivity index (χ4n) is 8.69. The molecule has 5 unspecified atom stereocenters. The second-order valence-electron chi connectivity index (χ2n) is 11.4. The molecule has 0 spiro atoms. The van der Waals surface area contributed by atoms with Gasteiger partial charge in [-0.2, -0.15) is 0 Å². The molecular formula is C28H37FO. The molecule has 1 aromatic carbocycles. The first-order chi connectivity index (χ1) is 14.3. The number of carbonyl (C=O) groups excluding carboxylic acids is 1. The zero-order valence-electron chi connectivity index (χ0n) is 18.9. The summed E-state index contributed by atoms with van der Waals surface area (Å²) in [6.45, 7) is 6.73. The van der Waals surface area contributed by atoms with Crippen LogP contribution in [0.25, 0.3) is 0 Å². The van der Waals surface area contributed by atoms with Gasteiger partial charge in [0.2, 0.25) is 0 Å². The molecule has 2 heteroatoms. The van der Waals surface area contributed by atoms with Gasteiger partial charge in [-0.05, 0) is 92.4 Å². The van der Waals surface area contributed by atoms with E-state index < -0.39 is 6.17 Å². The Morgan fingerprint density at radius 2 is 1.77 bits per heavy atom. The Morgan fingerprint density at radius 3 is 2.50 bits per heavy atom. The van der Waals surface area contributed by atoms with Crippen LogP contribution in [-0.4, -0.2) is 12.0 Å². The van der Waals surface area contributed by atoms with Crippen LogP contribution < -0.4 is 0 Å². The molecular weight excluding hydrogens is 371 g/mol. The number of halogens is 1. The smallest absolute Gasteiger partial charge is 0.136 e. The number of hydrogen-bond acceptors (Lipinski definition) is 1. The Balaban J connectivity index is 1.50. The third kappa shape index (κ3) is 2.74. The molecule has 3 saturated carbocycles. The number of hydrogen-bond donors (Lipinski definition) is 0. The number of carbonyl (C=O) groups is 1. The van der Waals surface area contributed by atoms with E-state index in [1.54, 1.807) is 0 Å². The Kier molecular flexibility index (Phi) is 4.80. The summed E-state index contributed by atoms with van der Waals surface area (Å²) in [6, 6.07) is 10.7. The van der Waals surface area contributed by atoms with Crippen molar-refractivity contribution in [2.75, 3.05) is 0 Å². The van der Waals surface area contributed by atoms with Crippen molar-refractivity contribution in [2.24, 2.45) is 34.0 Å². The molecule has 0 heterocycles. The van der Waals surface area contributed by atoms with Crippen LogP contribution in [-0.2, 0) is 11.2 Å². The van der Waals surface area contributed by atoms with Gasteiger partial charge in [-0.3, -0.25) is 4.79 Å². The first kappa shape index (κ1) is 20.5. The van der Waals surface area contributed by atoms with Crippen LogP contribution >= 0.6 is 0 Å². The molecule has 0 amide bonds. The molecule has 3 fully saturated rings. The van der Waals surface area contributed by atoms with E-state index in [0.29, 0.717) is 30.0 Å². The largest absolute Gasteiger partial charge is 0.299 e. The summed E-state index contributed by atoms with van der Waals surface area (Å²) in [6.07, 6.45) is 10.7. The van der Waals surface area contributed by atoms with Crippen LogP contribution in [0.5, 0.6) is 0 Å². The van der Waals surface area contributed by atoms with Gasteiger partial charge in [0.25, 0.3) is 0 Å². The topological polar surface area (TPSA) is 17.1 Å². The van der Waals surface area contributed by atoms with E-state index in [2.05, 4.69) is 50.3 Å². The standard InChI is InChI=1S/C28H37FO/c1-19(30)28(18-20-7-5-4-6-8-20)16-13-25-23-10-9-21-17-22(29)11-14-26(21,2)24(23)12-15-27(25,28)3/h4-9,22-25H,10-18H2,1-3H3/t22-,23?,24?,25?,26?,27?,28-/m0/s1. The normalized spacial score (nSPS) is 45.1. The summed E-state index contributed by atoms with van der Waals surface area (Å²) >= 11 is 0. The monoisotopic (exact) mass is 408 g/mol. The minimum Gasteiger partial charge on any atom is -0.299 e. The number of alkyl halides is 1. The quantitative estimate of drug-likeness (QED) is 0.487. The predicted octanol–water partition coefficient (Wildman–Crippen LogP) is 7.11. The molecule has 0 aromatic heterocycles. The average Bonchev–Trinajstić information content (AvgIpc) is 3.03. The molecule has 0 bridgehead atoms. The molecule has 162 valence electrons. The van der Waals surface area contributed by atoms with E-state index in [4.69, 9.17) is 0 Å². The number of benzene rings is 1. The van der Waals surface area contributed by atoms with Gasteiger partial charge in [0.1, 0.15) is 12.0 Å². The van der Waals surface area contributed by atoms with Gasteiger partial charge in [0.05, 0.1) is 0 Å². The molecule has 4 aliphatic carbocycles. The summed E-state index contributed by atoms with van der Waals surface area (Å²) in [5.41, 5.74) is 2.75. The van der Waals surface area contributed by atoms with Crippen LogP contribution in [0.1, 0.15) is 77.7 Å². The van der Waals surface area contributed by atoms with Crippen molar-refractivity contribution in [2.45, 2.75) is 84.7 Å². The minimum absolute atomic E-state index is 0.0782. The summed E-state index contributed by atoms with van der Waals surface area (Å²) < 4.78 is 14.1. The number of rotatable bonds is 3. The molecule has 1 nitrogen and oxygen atoms in total. The minimum atomic E-state index is -0.641. The van der Waals surface area contributed by atoms with E-state index in [1.807, 2.05) is 6.92 Å². The van der Waals surface area contributed by atoms with E-state index in [1.165, 1.54) is 24.0 Å². The van der Waals surface area contributed by atoms with Crippen molar-refractivity contribution < 1.29 is 9.18 Å². The molecule has 0 aliphatic heterocycles. The second kappa shape index (κ2) is 7.04. The Morgan fingerprint density at radius 1 is 1.03 bits per heavy atom. The van der Waals surface area contributed by atoms with Gasteiger partial charge in [-0.15, -0.1) is 0 Å². The average molecular weight is 409 g/mol. The lowest BCUT2D eigenvalue weighted by Crippen LogP contribution is -2.54. The van der Waals surface area contributed by atoms with Gasteiger partial charge in [0.15, 0.2) is 0 Å². The lowest BCUT2D eigenvalue weighted by atomic mass is 9.45. The maximum atomic E-state index is 14.1. The summed E-state index contributed by atoms with van der Waals surface area (Å²) in [4.78, 5) is 13.3. The highest BCUT2D eigenvalue weighted by atomic mass is 19.1. The van der Waals surface area contributed by atoms with E-state index in [9.17, 15) is 9.18 Å². The first-order valence-corrected chi connectivity index (χ1v) is 12.2. The lowest BCUT2D eigenvalue weighted by Gasteiger charge is -2.59. The molecule has 7 atom stereocenters. The highest BCUT2D eigenvalue weighted by molar-refractivity contribution is 5.84. The van der Waals surface area contributed by atoms with Gasteiger partial charge in [-0.1, -0.05) is 55.8 Å². The zero-order valence-corrected chi connectivity index (χ0v) is 18.9. The number of allylic oxidation sites excluding steroid dienone is 2. The van der Waals surface area contributed by atoms with Crippen molar-refractivity contribution in [3.8, 4) is 0 Å². The third-order valence-corrected chi connectivity index (χ3v) is 10.4. The maximum Gasteiger partial charge on any atom is 0.136 e. The Bertz CT molecular complexity index is 859. The van der Waals surface area contributed by atoms with Crippen molar-refractivity contribution >= 4 is 5.78 Å². The fourth-order valence-corrected chi connectivity index (χ4v) is 8.69. The van der Waals surface area contributed by atoms with Gasteiger partial charge in [0, 0.05) is 11.8 Å². The van der Waals surface area contributed by atoms with E-state index >= 15 is 0 Å². The summed E-state index contributed by atoms with van der Waals surface area (Å²) in [7, 11) is 0. The molecule has 0 N–H and O–H groups in total. The number of fused-ring (bicyclic) bond motifs is 5. The van der Waals surface area contributed by atoms with E-state index in [0.717, 1.165) is 38.5 Å². The zero-order chi connectivity index (χ0) is 21.1.